The van der Waals surface area contributed by atoms with E-state index < -0.39 is 17.7 Å². The largest absolute Gasteiger partial charge is 0.503 e. The van der Waals surface area contributed by atoms with Gasteiger partial charge in [0, 0.05) is 5.69 Å². The molecule has 0 saturated heterocycles. The lowest BCUT2D eigenvalue weighted by Crippen LogP contribution is -2.31. The number of aliphatic hydroxyl groups is 1. The van der Waals surface area contributed by atoms with Crippen LogP contribution in [0.15, 0.2) is 77.4 Å². The zero-order valence-corrected chi connectivity index (χ0v) is 19.5. The standard InChI is InChI=1S/C26H25NO5S/c1-4-31-19-13-9-18(10-14-19)27-23(17-7-11-20(12-8-17)32-16(2)3)22(25(29)26(27)30)24(28)21-6-5-15-33-21/h5-16,23,29H,4H2,1-3H3. The predicted molar refractivity (Wildman–Crippen MR) is 128 cm³/mol. The number of carbonyl (C=O) groups excluding carboxylic acids is 2. The number of benzene rings is 2. The average Bonchev–Trinajstić information content (AvgIpc) is 3.42. The van der Waals surface area contributed by atoms with E-state index in [-0.39, 0.29) is 17.5 Å². The van der Waals surface area contributed by atoms with Crippen molar-refractivity contribution in [2.24, 2.45) is 0 Å². The normalized spacial score (nSPS) is 15.9. The Morgan fingerprint density at radius 3 is 2.30 bits per heavy atom. The van der Waals surface area contributed by atoms with Crippen LogP contribution in [0.5, 0.6) is 11.5 Å². The average molecular weight is 464 g/mol. The van der Waals surface area contributed by atoms with Crippen LogP contribution in [0.3, 0.4) is 0 Å². The van der Waals surface area contributed by atoms with Crippen molar-refractivity contribution in [1.29, 1.82) is 0 Å². The summed E-state index contributed by atoms with van der Waals surface area (Å²) >= 11 is 1.27. The molecule has 0 bridgehead atoms. The first-order valence-corrected chi connectivity index (χ1v) is 11.6. The Labute approximate surface area is 196 Å². The Morgan fingerprint density at radius 1 is 1.06 bits per heavy atom. The Bertz CT molecular complexity index is 1160. The first-order chi connectivity index (χ1) is 15.9. The summed E-state index contributed by atoms with van der Waals surface area (Å²) in [5.74, 6) is -0.158. The van der Waals surface area contributed by atoms with Gasteiger partial charge in [-0.3, -0.25) is 14.5 Å². The number of Topliss-reactive ketones (excluding diaryl/α,β-unsaturated/α-hetero) is 1. The van der Waals surface area contributed by atoms with E-state index in [9.17, 15) is 14.7 Å². The van der Waals surface area contributed by atoms with Crippen LogP contribution in [-0.2, 0) is 4.79 Å². The van der Waals surface area contributed by atoms with Crippen LogP contribution in [0.2, 0.25) is 0 Å². The third-order valence-corrected chi connectivity index (χ3v) is 6.06. The number of rotatable bonds is 8. The molecule has 2 heterocycles. The van der Waals surface area contributed by atoms with E-state index >= 15 is 0 Å². The van der Waals surface area contributed by atoms with Crippen LogP contribution in [0.4, 0.5) is 5.69 Å². The molecule has 1 unspecified atom stereocenters. The van der Waals surface area contributed by atoms with Gasteiger partial charge in [-0.2, -0.15) is 0 Å². The van der Waals surface area contributed by atoms with Crippen molar-refractivity contribution < 1.29 is 24.2 Å². The van der Waals surface area contributed by atoms with Gasteiger partial charge in [0.15, 0.2) is 5.76 Å². The number of ether oxygens (including phenoxy) is 2. The molecule has 4 rings (SSSR count). The molecule has 1 N–H and O–H groups in total. The van der Waals surface area contributed by atoms with E-state index in [1.54, 1.807) is 53.9 Å². The minimum Gasteiger partial charge on any atom is -0.503 e. The smallest absolute Gasteiger partial charge is 0.294 e. The maximum absolute atomic E-state index is 13.3. The Hall–Kier alpha value is -3.58. The number of thiophene rings is 1. The van der Waals surface area contributed by atoms with Gasteiger partial charge in [0.25, 0.3) is 5.91 Å². The van der Waals surface area contributed by atoms with E-state index in [4.69, 9.17) is 9.47 Å². The molecule has 0 fully saturated rings. The number of aliphatic hydroxyl groups excluding tert-OH is 1. The molecule has 1 aliphatic rings. The second-order valence-electron chi connectivity index (χ2n) is 7.81. The van der Waals surface area contributed by atoms with E-state index in [2.05, 4.69) is 0 Å². The highest BCUT2D eigenvalue weighted by Crippen LogP contribution is 2.43. The van der Waals surface area contributed by atoms with Crippen LogP contribution in [0, 0.1) is 0 Å². The third-order valence-electron chi connectivity index (χ3n) is 5.19. The van der Waals surface area contributed by atoms with E-state index in [1.165, 1.54) is 16.2 Å². The third kappa shape index (κ3) is 4.50. The predicted octanol–water partition coefficient (Wildman–Crippen LogP) is 5.72. The van der Waals surface area contributed by atoms with Gasteiger partial charge in [-0.1, -0.05) is 18.2 Å². The summed E-state index contributed by atoms with van der Waals surface area (Å²) in [6.45, 7) is 6.30. The number of anilines is 1. The van der Waals surface area contributed by atoms with Crippen LogP contribution in [0.1, 0.15) is 42.0 Å². The molecule has 1 aliphatic heterocycles. The highest BCUT2D eigenvalue weighted by molar-refractivity contribution is 7.12. The lowest BCUT2D eigenvalue weighted by atomic mass is 9.95. The van der Waals surface area contributed by atoms with Crippen molar-refractivity contribution in [2.75, 3.05) is 11.5 Å². The molecule has 6 nitrogen and oxygen atoms in total. The fourth-order valence-corrected chi connectivity index (χ4v) is 4.51. The molecule has 3 aromatic rings. The van der Waals surface area contributed by atoms with Crippen molar-refractivity contribution in [3.8, 4) is 11.5 Å². The first kappa shape index (κ1) is 22.6. The minimum atomic E-state index is -0.779. The van der Waals surface area contributed by atoms with Gasteiger partial charge in [0.2, 0.25) is 5.78 Å². The van der Waals surface area contributed by atoms with E-state index in [0.717, 1.165) is 0 Å². The van der Waals surface area contributed by atoms with Gasteiger partial charge in [0.05, 0.1) is 29.2 Å². The van der Waals surface area contributed by atoms with Crippen molar-refractivity contribution in [3.05, 3.63) is 87.8 Å². The van der Waals surface area contributed by atoms with Crippen LogP contribution in [0.25, 0.3) is 0 Å². The van der Waals surface area contributed by atoms with Crippen molar-refractivity contribution in [2.45, 2.75) is 32.9 Å². The monoisotopic (exact) mass is 463 g/mol. The number of hydrogen-bond acceptors (Lipinski definition) is 6. The molecule has 0 aliphatic carbocycles. The second-order valence-corrected chi connectivity index (χ2v) is 8.76. The van der Waals surface area contributed by atoms with Crippen molar-refractivity contribution >= 4 is 28.7 Å². The summed E-state index contributed by atoms with van der Waals surface area (Å²) in [5, 5.41) is 12.6. The SMILES string of the molecule is CCOc1ccc(N2C(=O)C(O)=C(C(=O)c3cccs3)C2c2ccc(OC(C)C)cc2)cc1. The summed E-state index contributed by atoms with van der Waals surface area (Å²) in [6.07, 6.45) is 0.0177. The molecule has 1 atom stereocenters. The summed E-state index contributed by atoms with van der Waals surface area (Å²) in [5.41, 5.74) is 1.31. The van der Waals surface area contributed by atoms with Gasteiger partial charge >= 0.3 is 0 Å². The Kier molecular flexibility index (Phi) is 6.51. The van der Waals surface area contributed by atoms with Gasteiger partial charge in [0.1, 0.15) is 11.5 Å². The van der Waals surface area contributed by atoms with Gasteiger partial charge in [-0.15, -0.1) is 11.3 Å². The number of ketones is 1. The van der Waals surface area contributed by atoms with Crippen LogP contribution >= 0.6 is 11.3 Å². The molecular formula is C26H25NO5S. The summed E-state index contributed by atoms with van der Waals surface area (Å²) in [6, 6.07) is 16.9. The van der Waals surface area contributed by atoms with Gasteiger partial charge in [-0.25, -0.2) is 0 Å². The number of amides is 1. The van der Waals surface area contributed by atoms with E-state index in [1.807, 2.05) is 32.9 Å². The van der Waals surface area contributed by atoms with Crippen molar-refractivity contribution in [3.63, 3.8) is 0 Å². The molecule has 0 spiro atoms. The maximum Gasteiger partial charge on any atom is 0.294 e. The molecule has 33 heavy (non-hydrogen) atoms. The fourth-order valence-electron chi connectivity index (χ4n) is 3.83. The number of carbonyl (C=O) groups is 2. The van der Waals surface area contributed by atoms with Crippen molar-refractivity contribution in [1.82, 2.24) is 0 Å². The summed E-state index contributed by atoms with van der Waals surface area (Å²) in [7, 11) is 0. The first-order valence-electron chi connectivity index (χ1n) is 10.7. The minimum absolute atomic E-state index is 0.0177. The Balaban J connectivity index is 1.78. The summed E-state index contributed by atoms with van der Waals surface area (Å²) < 4.78 is 11.2. The lowest BCUT2D eigenvalue weighted by Gasteiger charge is -2.27. The number of hydrogen-bond donors (Lipinski definition) is 1. The number of nitrogens with zero attached hydrogens (tertiary/aromatic N) is 1. The molecule has 2 aromatic carbocycles. The molecular weight excluding hydrogens is 438 g/mol. The van der Waals surface area contributed by atoms with Gasteiger partial charge < -0.3 is 14.6 Å². The molecule has 0 radical (unpaired) electrons. The quantitative estimate of drug-likeness (QED) is 0.433. The molecule has 170 valence electrons. The highest BCUT2D eigenvalue weighted by Gasteiger charge is 2.44. The van der Waals surface area contributed by atoms with E-state index in [0.29, 0.717) is 34.2 Å². The lowest BCUT2D eigenvalue weighted by molar-refractivity contribution is -0.117. The molecule has 1 amide bonds. The molecule has 7 heteroatoms. The maximum atomic E-state index is 13.3. The molecule has 0 saturated carbocycles. The second kappa shape index (κ2) is 9.50. The van der Waals surface area contributed by atoms with Gasteiger partial charge in [-0.05, 0) is 74.2 Å². The zero-order chi connectivity index (χ0) is 23.5. The highest BCUT2D eigenvalue weighted by atomic mass is 32.1. The van der Waals surface area contributed by atoms with Crippen LogP contribution in [-0.4, -0.2) is 29.5 Å². The van der Waals surface area contributed by atoms with Crippen LogP contribution < -0.4 is 14.4 Å². The zero-order valence-electron chi connectivity index (χ0n) is 18.6. The molecule has 1 aromatic heterocycles. The topological polar surface area (TPSA) is 76.1 Å². The fraction of sp³-hybridized carbons (Fsp3) is 0.231. The summed E-state index contributed by atoms with van der Waals surface area (Å²) in [4.78, 5) is 28.5. The Morgan fingerprint density at radius 2 is 1.73 bits per heavy atom.